The quantitative estimate of drug-likeness (QED) is 0.244. The van der Waals surface area contributed by atoms with E-state index in [0.717, 1.165) is 16.5 Å². The minimum Gasteiger partial charge on any atom is -0.462 e. The zero-order valence-electron chi connectivity index (χ0n) is 17.0. The molecule has 0 bridgehead atoms. The molecule has 0 atom stereocenters. The molecule has 0 N–H and O–H groups in total. The van der Waals surface area contributed by atoms with Gasteiger partial charge in [0.15, 0.2) is 5.16 Å². The van der Waals surface area contributed by atoms with Gasteiger partial charge in [-0.15, -0.1) is 11.3 Å². The molecule has 0 saturated heterocycles. The second-order valence-electron chi connectivity index (χ2n) is 6.66. The van der Waals surface area contributed by atoms with Gasteiger partial charge in [0.2, 0.25) is 0 Å². The van der Waals surface area contributed by atoms with E-state index in [2.05, 4.69) is 4.98 Å². The number of benzene rings is 1. The third-order valence-corrected chi connectivity index (χ3v) is 6.77. The number of rotatable bonds is 6. The summed E-state index contributed by atoms with van der Waals surface area (Å²) in [4.78, 5) is 34.9. The van der Waals surface area contributed by atoms with E-state index >= 15 is 0 Å². The lowest BCUT2D eigenvalue weighted by Gasteiger charge is -2.14. The first-order valence-electron chi connectivity index (χ1n) is 9.71. The number of carbonyl (C=O) groups is 1. The van der Waals surface area contributed by atoms with Crippen molar-refractivity contribution in [3.05, 3.63) is 62.9 Å². The summed E-state index contributed by atoms with van der Waals surface area (Å²) in [5, 5.41) is 3.43. The van der Waals surface area contributed by atoms with Crippen molar-refractivity contribution in [1.29, 1.82) is 0 Å². The summed E-state index contributed by atoms with van der Waals surface area (Å²) in [5.74, 6) is 0.0278. The minimum absolute atomic E-state index is 0.0340. The highest BCUT2D eigenvalue weighted by Gasteiger charge is 2.21. The van der Waals surface area contributed by atoms with Gasteiger partial charge >= 0.3 is 5.97 Å². The molecular weight excluding hydrogens is 418 g/mol. The van der Waals surface area contributed by atoms with Crippen molar-refractivity contribution in [2.75, 3.05) is 6.61 Å². The Hall–Kier alpha value is -2.71. The number of esters is 1. The Morgan fingerprint density at radius 1 is 1.17 bits per heavy atom. The Balaban J connectivity index is 1.79. The van der Waals surface area contributed by atoms with Crippen LogP contribution in [-0.4, -0.2) is 27.1 Å². The predicted octanol–water partition coefficient (Wildman–Crippen LogP) is 4.80. The average molecular weight is 440 g/mol. The number of thiophene rings is 1. The topological polar surface area (TPSA) is 74.1 Å². The van der Waals surface area contributed by atoms with Crippen LogP contribution in [0.1, 0.15) is 35.5 Å². The van der Waals surface area contributed by atoms with E-state index < -0.39 is 0 Å². The van der Waals surface area contributed by atoms with Gasteiger partial charge < -0.3 is 4.74 Å². The van der Waals surface area contributed by atoms with Gasteiger partial charge in [0, 0.05) is 17.7 Å². The van der Waals surface area contributed by atoms with Crippen LogP contribution >= 0.6 is 23.1 Å². The van der Waals surface area contributed by atoms with Crippen LogP contribution in [0.2, 0.25) is 0 Å². The van der Waals surface area contributed by atoms with E-state index in [1.165, 1.54) is 23.1 Å². The van der Waals surface area contributed by atoms with Gasteiger partial charge in [-0.1, -0.05) is 30.0 Å². The zero-order valence-corrected chi connectivity index (χ0v) is 18.6. The van der Waals surface area contributed by atoms with Crippen LogP contribution in [0.25, 0.3) is 21.1 Å². The summed E-state index contributed by atoms with van der Waals surface area (Å²) in [6, 6.07) is 9.60. The normalized spacial score (nSPS) is 11.3. The van der Waals surface area contributed by atoms with E-state index in [-0.39, 0.29) is 11.5 Å². The molecule has 0 fully saturated rings. The average Bonchev–Trinajstić information content (AvgIpc) is 3.21. The number of pyridine rings is 1. The molecule has 30 heavy (non-hydrogen) atoms. The second kappa shape index (κ2) is 8.57. The van der Waals surface area contributed by atoms with Crippen molar-refractivity contribution in [2.24, 2.45) is 0 Å². The van der Waals surface area contributed by atoms with E-state index in [1.54, 1.807) is 11.5 Å². The van der Waals surface area contributed by atoms with E-state index in [4.69, 9.17) is 9.72 Å². The van der Waals surface area contributed by atoms with Crippen molar-refractivity contribution in [3.63, 3.8) is 0 Å². The van der Waals surface area contributed by atoms with Crippen LogP contribution < -0.4 is 5.56 Å². The van der Waals surface area contributed by atoms with Crippen LogP contribution in [0.5, 0.6) is 0 Å². The van der Waals surface area contributed by atoms with Crippen molar-refractivity contribution in [2.45, 2.75) is 38.2 Å². The van der Waals surface area contributed by atoms with Gasteiger partial charge in [-0.25, -0.2) is 9.78 Å². The number of aromatic nitrogens is 3. The molecule has 0 aliphatic heterocycles. The van der Waals surface area contributed by atoms with Crippen LogP contribution in [0.15, 0.2) is 45.7 Å². The molecule has 1 aromatic carbocycles. The summed E-state index contributed by atoms with van der Waals surface area (Å²) in [6.45, 7) is 6.45. The first kappa shape index (κ1) is 20.6. The number of carbonyl (C=O) groups excluding carboxylic acids is 1. The number of thioether (sulfide) groups is 1. The van der Waals surface area contributed by atoms with E-state index in [1.807, 2.05) is 49.6 Å². The molecule has 0 saturated carbocycles. The van der Waals surface area contributed by atoms with Crippen molar-refractivity contribution in [1.82, 2.24) is 14.5 Å². The maximum atomic E-state index is 12.8. The minimum atomic E-state index is -0.377. The van der Waals surface area contributed by atoms with E-state index in [9.17, 15) is 9.59 Å². The number of nitrogens with zero attached hydrogens (tertiary/aromatic N) is 3. The summed E-state index contributed by atoms with van der Waals surface area (Å²) in [6.07, 6.45) is 0. The number of hydrogen-bond acceptors (Lipinski definition) is 7. The van der Waals surface area contributed by atoms with Crippen LogP contribution in [0.3, 0.4) is 0 Å². The molecule has 0 aliphatic rings. The Labute approximate surface area is 181 Å². The third-order valence-electron chi connectivity index (χ3n) is 4.89. The van der Waals surface area contributed by atoms with Crippen molar-refractivity contribution in [3.8, 4) is 0 Å². The highest BCUT2D eigenvalue weighted by molar-refractivity contribution is 7.98. The summed E-state index contributed by atoms with van der Waals surface area (Å²) >= 11 is 2.81. The molecule has 154 valence electrons. The lowest BCUT2D eigenvalue weighted by molar-refractivity contribution is 0.0524. The van der Waals surface area contributed by atoms with Crippen LogP contribution in [0, 0.1) is 6.92 Å². The Morgan fingerprint density at radius 2 is 1.97 bits per heavy atom. The summed E-state index contributed by atoms with van der Waals surface area (Å²) in [5.41, 5.74) is 3.47. The highest BCUT2D eigenvalue weighted by Crippen LogP contribution is 2.29. The highest BCUT2D eigenvalue weighted by atomic mass is 32.2. The Morgan fingerprint density at radius 3 is 2.73 bits per heavy atom. The molecule has 0 amide bonds. The van der Waals surface area contributed by atoms with Gasteiger partial charge in [-0.2, -0.15) is 0 Å². The fourth-order valence-corrected chi connectivity index (χ4v) is 5.25. The standard InChI is InChI=1S/C22H21N3O3S2/c1-4-25-20(26)19-16(10-11-29-19)24-22(25)30-12-17-18(21(27)28-5-2)13(3)14-8-6-7-9-15(14)23-17/h6-11H,4-5,12H2,1-3H3. The zero-order chi connectivity index (χ0) is 21.3. The maximum absolute atomic E-state index is 12.8. The Kier molecular flexibility index (Phi) is 5.87. The smallest absolute Gasteiger partial charge is 0.340 e. The molecule has 8 heteroatoms. The largest absolute Gasteiger partial charge is 0.462 e. The fourth-order valence-electron chi connectivity index (χ4n) is 3.46. The fraction of sp³-hybridized carbons (Fsp3) is 0.273. The SMILES string of the molecule is CCOC(=O)c1c(CSc2nc3ccsc3c(=O)n2CC)nc2ccccc2c1C. The van der Waals surface area contributed by atoms with Gasteiger partial charge in [0.1, 0.15) is 4.70 Å². The molecular formula is C22H21N3O3S2. The van der Waals surface area contributed by atoms with Crippen molar-refractivity contribution < 1.29 is 9.53 Å². The van der Waals surface area contributed by atoms with Gasteiger partial charge in [0.25, 0.3) is 5.56 Å². The number of ether oxygens (including phenoxy) is 1. The molecule has 3 aromatic heterocycles. The first-order valence-corrected chi connectivity index (χ1v) is 11.6. The maximum Gasteiger partial charge on any atom is 0.340 e. The van der Waals surface area contributed by atoms with Gasteiger partial charge in [0.05, 0.1) is 28.9 Å². The molecule has 0 aliphatic carbocycles. The lowest BCUT2D eigenvalue weighted by Crippen LogP contribution is -2.21. The molecule has 0 spiro atoms. The van der Waals surface area contributed by atoms with Gasteiger partial charge in [-0.05, 0) is 43.8 Å². The lowest BCUT2D eigenvalue weighted by atomic mass is 10.0. The molecule has 4 rings (SSSR count). The summed E-state index contributed by atoms with van der Waals surface area (Å²) < 4.78 is 7.63. The number of para-hydroxylation sites is 1. The predicted molar refractivity (Wildman–Crippen MR) is 122 cm³/mol. The van der Waals surface area contributed by atoms with Crippen LogP contribution in [0.4, 0.5) is 0 Å². The van der Waals surface area contributed by atoms with E-state index in [0.29, 0.717) is 45.5 Å². The number of hydrogen-bond donors (Lipinski definition) is 0. The van der Waals surface area contributed by atoms with Gasteiger partial charge in [-0.3, -0.25) is 14.3 Å². The number of aryl methyl sites for hydroxylation is 1. The van der Waals surface area contributed by atoms with Crippen LogP contribution in [-0.2, 0) is 17.0 Å². The summed E-state index contributed by atoms with van der Waals surface area (Å²) in [7, 11) is 0. The molecule has 3 heterocycles. The third kappa shape index (κ3) is 3.61. The molecule has 4 aromatic rings. The first-order chi connectivity index (χ1) is 14.5. The molecule has 0 radical (unpaired) electrons. The van der Waals surface area contributed by atoms with Crippen molar-refractivity contribution >= 4 is 50.2 Å². The molecule has 6 nitrogen and oxygen atoms in total. The number of fused-ring (bicyclic) bond motifs is 2. The Bertz CT molecular complexity index is 1310. The second-order valence-corrected chi connectivity index (χ2v) is 8.52. The monoisotopic (exact) mass is 439 g/mol. The molecule has 0 unspecified atom stereocenters.